The van der Waals surface area contributed by atoms with E-state index in [0.29, 0.717) is 45.6 Å². The molecule has 9 heteroatoms. The van der Waals surface area contributed by atoms with Crippen molar-refractivity contribution in [1.82, 2.24) is 0 Å². The highest BCUT2D eigenvalue weighted by Gasteiger charge is 2.14. The van der Waals surface area contributed by atoms with Gasteiger partial charge in [-0.25, -0.2) is 0 Å². The molecule has 0 radical (unpaired) electrons. The normalized spacial score (nSPS) is 10.6. The molecule has 0 unspecified atom stereocenters. The van der Waals surface area contributed by atoms with Gasteiger partial charge in [-0.2, -0.15) is 0 Å². The largest absolute Gasteiger partial charge is 0.457 e. The van der Waals surface area contributed by atoms with Crippen LogP contribution < -0.4 is 14.2 Å². The lowest BCUT2D eigenvalue weighted by Crippen LogP contribution is -1.94. The van der Waals surface area contributed by atoms with E-state index in [-0.39, 0.29) is 11.4 Å². The van der Waals surface area contributed by atoms with Crippen molar-refractivity contribution in [3.8, 4) is 34.5 Å². The van der Waals surface area contributed by atoms with Gasteiger partial charge in [0, 0.05) is 23.3 Å². The lowest BCUT2D eigenvalue weighted by molar-refractivity contribution is -0.385. The van der Waals surface area contributed by atoms with Crippen molar-refractivity contribution in [2.75, 3.05) is 0 Å². The number of nitro groups is 2. The Morgan fingerprint density at radius 1 is 0.486 bits per heavy atom. The standard InChI is InChI=1S/C28H24N2O7/c1-17-13-21(5-9-25(17)29(31)32)35-23-7-11-27(19(3)15-23)37-28-12-8-24(16-20(28)4)36-22-6-10-26(30(33)34)18(2)14-22/h5-16H,1-4H3. The predicted molar refractivity (Wildman–Crippen MR) is 138 cm³/mol. The van der Waals surface area contributed by atoms with Crippen molar-refractivity contribution in [3.05, 3.63) is 115 Å². The van der Waals surface area contributed by atoms with Gasteiger partial charge >= 0.3 is 0 Å². The SMILES string of the molecule is Cc1cc(Oc2ccc([N+](=O)[O-])c(C)c2)ccc1Oc1ccc(Oc2ccc([N+](=O)[O-])c(C)c2)cc1C. The maximum absolute atomic E-state index is 11.0. The molecular formula is C28H24N2O7. The Labute approximate surface area is 213 Å². The Bertz CT molecular complexity index is 1400. The summed E-state index contributed by atoms with van der Waals surface area (Å²) in [5, 5.41) is 22.0. The summed E-state index contributed by atoms with van der Waals surface area (Å²) in [6.45, 7) is 7.12. The van der Waals surface area contributed by atoms with Gasteiger partial charge in [-0.05, 0) is 99.5 Å². The summed E-state index contributed by atoms with van der Waals surface area (Å²) in [5.74, 6) is 3.47. The van der Waals surface area contributed by atoms with Crippen LogP contribution in [-0.4, -0.2) is 9.85 Å². The Balaban J connectivity index is 1.45. The van der Waals surface area contributed by atoms with E-state index in [1.165, 1.54) is 12.1 Å². The lowest BCUT2D eigenvalue weighted by Gasteiger charge is -2.14. The molecule has 0 aromatic heterocycles. The molecule has 0 fully saturated rings. The third-order valence-corrected chi connectivity index (χ3v) is 5.71. The quantitative estimate of drug-likeness (QED) is 0.177. The number of benzene rings is 4. The molecule has 4 aromatic carbocycles. The molecule has 0 spiro atoms. The van der Waals surface area contributed by atoms with Crippen molar-refractivity contribution < 1.29 is 24.1 Å². The molecule has 4 rings (SSSR count). The average molecular weight is 501 g/mol. The molecular weight excluding hydrogens is 476 g/mol. The van der Waals surface area contributed by atoms with Gasteiger partial charge in [0.25, 0.3) is 11.4 Å². The van der Waals surface area contributed by atoms with E-state index in [1.54, 1.807) is 62.4 Å². The molecule has 0 N–H and O–H groups in total. The fourth-order valence-corrected chi connectivity index (χ4v) is 3.78. The number of hydrogen-bond acceptors (Lipinski definition) is 7. The van der Waals surface area contributed by atoms with Crippen molar-refractivity contribution >= 4 is 11.4 Å². The first-order chi connectivity index (χ1) is 17.6. The van der Waals surface area contributed by atoms with Crippen LogP contribution in [0.5, 0.6) is 34.5 Å². The van der Waals surface area contributed by atoms with E-state index in [1.807, 2.05) is 26.0 Å². The second-order valence-corrected chi connectivity index (χ2v) is 8.57. The highest BCUT2D eigenvalue weighted by atomic mass is 16.6. The molecule has 0 amide bonds. The Morgan fingerprint density at radius 3 is 1.11 bits per heavy atom. The van der Waals surface area contributed by atoms with E-state index in [0.717, 1.165) is 11.1 Å². The smallest absolute Gasteiger partial charge is 0.272 e. The fourth-order valence-electron chi connectivity index (χ4n) is 3.78. The van der Waals surface area contributed by atoms with Crippen LogP contribution in [0.15, 0.2) is 72.8 Å². The molecule has 0 aliphatic heterocycles. The number of hydrogen-bond donors (Lipinski definition) is 0. The van der Waals surface area contributed by atoms with Crippen molar-refractivity contribution in [1.29, 1.82) is 0 Å². The fraction of sp³-hybridized carbons (Fsp3) is 0.143. The second-order valence-electron chi connectivity index (χ2n) is 8.57. The molecule has 9 nitrogen and oxygen atoms in total. The van der Waals surface area contributed by atoms with Gasteiger partial charge < -0.3 is 14.2 Å². The van der Waals surface area contributed by atoms with Gasteiger partial charge in [0.1, 0.15) is 34.5 Å². The Morgan fingerprint density at radius 2 is 0.811 bits per heavy atom. The summed E-state index contributed by atoms with van der Waals surface area (Å²) in [5.41, 5.74) is 2.81. The van der Waals surface area contributed by atoms with Gasteiger partial charge in [0.2, 0.25) is 0 Å². The van der Waals surface area contributed by atoms with E-state index >= 15 is 0 Å². The molecule has 4 aromatic rings. The van der Waals surface area contributed by atoms with E-state index in [4.69, 9.17) is 14.2 Å². The minimum atomic E-state index is -0.424. The molecule has 0 saturated carbocycles. The van der Waals surface area contributed by atoms with Gasteiger partial charge in [-0.3, -0.25) is 20.2 Å². The Hall–Kier alpha value is -4.92. The third kappa shape index (κ3) is 5.84. The zero-order chi connectivity index (χ0) is 26.7. The lowest BCUT2D eigenvalue weighted by atomic mass is 10.1. The van der Waals surface area contributed by atoms with Gasteiger partial charge in [-0.1, -0.05) is 0 Å². The number of aryl methyl sites for hydroxylation is 4. The summed E-state index contributed by atoms with van der Waals surface area (Å²) in [7, 11) is 0. The minimum absolute atomic E-state index is 0.0434. The molecule has 0 atom stereocenters. The van der Waals surface area contributed by atoms with Crippen LogP contribution in [0.2, 0.25) is 0 Å². The first kappa shape index (κ1) is 25.2. The number of ether oxygens (including phenoxy) is 3. The van der Waals surface area contributed by atoms with Crippen LogP contribution in [0.4, 0.5) is 11.4 Å². The Kier molecular flexibility index (Phi) is 7.06. The summed E-state index contributed by atoms with van der Waals surface area (Å²) < 4.78 is 17.9. The van der Waals surface area contributed by atoms with Crippen LogP contribution >= 0.6 is 0 Å². The maximum atomic E-state index is 11.0. The van der Waals surface area contributed by atoms with Gasteiger partial charge in [0.05, 0.1) is 9.85 Å². The van der Waals surface area contributed by atoms with E-state index < -0.39 is 9.85 Å². The molecule has 0 bridgehead atoms. The van der Waals surface area contributed by atoms with Crippen LogP contribution in [0.1, 0.15) is 22.3 Å². The van der Waals surface area contributed by atoms with E-state index in [9.17, 15) is 20.2 Å². The number of rotatable bonds is 8. The monoisotopic (exact) mass is 500 g/mol. The van der Waals surface area contributed by atoms with Crippen LogP contribution in [0, 0.1) is 47.9 Å². The average Bonchev–Trinajstić information content (AvgIpc) is 2.82. The topological polar surface area (TPSA) is 114 Å². The molecule has 0 aliphatic rings. The maximum Gasteiger partial charge on any atom is 0.272 e. The number of nitrogens with zero attached hydrogens (tertiary/aromatic N) is 2. The highest BCUT2D eigenvalue weighted by molar-refractivity contribution is 5.50. The minimum Gasteiger partial charge on any atom is -0.457 e. The summed E-state index contributed by atoms with van der Waals surface area (Å²) in [6, 6.07) is 20.0. The first-order valence-corrected chi connectivity index (χ1v) is 11.4. The summed E-state index contributed by atoms with van der Waals surface area (Å²) in [6.07, 6.45) is 0. The molecule has 37 heavy (non-hydrogen) atoms. The summed E-state index contributed by atoms with van der Waals surface area (Å²) in [4.78, 5) is 21.2. The number of nitro benzene ring substituents is 2. The van der Waals surface area contributed by atoms with Gasteiger partial charge in [0.15, 0.2) is 0 Å². The molecule has 0 heterocycles. The molecule has 0 aliphatic carbocycles. The molecule has 188 valence electrons. The second kappa shape index (κ2) is 10.4. The van der Waals surface area contributed by atoms with Crippen molar-refractivity contribution in [3.63, 3.8) is 0 Å². The molecule has 0 saturated heterocycles. The van der Waals surface area contributed by atoms with Crippen LogP contribution in [0.3, 0.4) is 0 Å². The van der Waals surface area contributed by atoms with Crippen molar-refractivity contribution in [2.45, 2.75) is 27.7 Å². The highest BCUT2D eigenvalue weighted by Crippen LogP contribution is 2.35. The zero-order valence-electron chi connectivity index (χ0n) is 20.7. The zero-order valence-corrected chi connectivity index (χ0v) is 20.7. The third-order valence-electron chi connectivity index (χ3n) is 5.71. The van der Waals surface area contributed by atoms with Crippen molar-refractivity contribution in [2.24, 2.45) is 0 Å². The van der Waals surface area contributed by atoms with E-state index in [2.05, 4.69) is 0 Å². The van der Waals surface area contributed by atoms with Crippen LogP contribution in [0.25, 0.3) is 0 Å². The summed E-state index contributed by atoms with van der Waals surface area (Å²) >= 11 is 0. The van der Waals surface area contributed by atoms with Crippen LogP contribution in [-0.2, 0) is 0 Å². The first-order valence-electron chi connectivity index (χ1n) is 11.4. The van der Waals surface area contributed by atoms with Gasteiger partial charge in [-0.15, -0.1) is 0 Å². The predicted octanol–water partition coefficient (Wildman–Crippen LogP) is 8.11.